The van der Waals surface area contributed by atoms with Crippen molar-refractivity contribution < 1.29 is 9.84 Å². The fraction of sp³-hybridized carbons (Fsp3) is 0.667. The van der Waals surface area contributed by atoms with E-state index in [1.54, 1.807) is 0 Å². The van der Waals surface area contributed by atoms with E-state index in [0.717, 1.165) is 0 Å². The number of aromatic nitrogens is 2. The molecule has 0 amide bonds. The van der Waals surface area contributed by atoms with Crippen LogP contribution in [-0.4, -0.2) is 40.4 Å². The van der Waals surface area contributed by atoms with Gasteiger partial charge in [0.05, 0.1) is 5.60 Å². The van der Waals surface area contributed by atoms with E-state index in [2.05, 4.69) is 15.3 Å². The van der Waals surface area contributed by atoms with E-state index >= 15 is 0 Å². The Morgan fingerprint density at radius 3 is 2.94 bits per heavy atom. The van der Waals surface area contributed by atoms with Crippen LogP contribution in [0.3, 0.4) is 0 Å². The number of aromatic amines is 1. The second kappa shape index (κ2) is 5.49. The predicted molar refractivity (Wildman–Crippen MR) is 67.7 cm³/mol. The summed E-state index contributed by atoms with van der Waals surface area (Å²) in [4.78, 5) is 18.3. The molecule has 2 heterocycles. The van der Waals surface area contributed by atoms with Gasteiger partial charge >= 0.3 is 0 Å². The third-order valence-electron chi connectivity index (χ3n) is 3.15. The van der Waals surface area contributed by atoms with Crippen molar-refractivity contribution in [2.24, 2.45) is 0 Å². The molecule has 0 spiro atoms. The lowest BCUT2D eigenvalue weighted by Gasteiger charge is -2.32. The van der Waals surface area contributed by atoms with Crippen LogP contribution in [0.4, 0.5) is 5.82 Å². The van der Waals surface area contributed by atoms with E-state index < -0.39 is 5.60 Å². The lowest BCUT2D eigenvalue weighted by Crippen LogP contribution is -2.42. The van der Waals surface area contributed by atoms with Crippen molar-refractivity contribution in [3.8, 4) is 0 Å². The highest BCUT2D eigenvalue weighted by Crippen LogP contribution is 2.20. The van der Waals surface area contributed by atoms with Crippen LogP contribution in [0.1, 0.15) is 25.6 Å². The number of nitrogens with zero attached hydrogens (tertiary/aromatic N) is 1. The largest absolute Gasteiger partial charge is 0.388 e. The molecule has 0 radical (unpaired) electrons. The first-order chi connectivity index (χ1) is 8.61. The highest BCUT2D eigenvalue weighted by Gasteiger charge is 2.29. The van der Waals surface area contributed by atoms with Crippen LogP contribution in [0, 0.1) is 0 Å². The molecular weight excluding hydrogens is 234 g/mol. The van der Waals surface area contributed by atoms with Crippen molar-refractivity contribution >= 4 is 5.82 Å². The molecule has 6 heteroatoms. The Hall–Kier alpha value is -1.40. The van der Waals surface area contributed by atoms with Crippen LogP contribution in [0.2, 0.25) is 0 Å². The monoisotopic (exact) mass is 253 g/mol. The van der Waals surface area contributed by atoms with Gasteiger partial charge in [0.15, 0.2) is 0 Å². The molecule has 3 N–H and O–H groups in total. The van der Waals surface area contributed by atoms with Crippen LogP contribution in [-0.2, 0) is 11.2 Å². The zero-order valence-corrected chi connectivity index (χ0v) is 10.5. The summed E-state index contributed by atoms with van der Waals surface area (Å²) in [5.41, 5.74) is -0.946. The molecule has 0 aromatic carbocycles. The van der Waals surface area contributed by atoms with E-state index in [-0.39, 0.29) is 5.56 Å². The number of aliphatic hydroxyl groups is 1. The number of hydrogen-bond donors (Lipinski definition) is 3. The number of nitrogens with one attached hydrogen (secondary N) is 2. The molecule has 1 fully saturated rings. The molecule has 1 saturated heterocycles. The molecule has 0 atom stereocenters. The molecule has 1 aliphatic rings. The molecule has 0 unspecified atom stereocenters. The fourth-order valence-electron chi connectivity index (χ4n) is 1.95. The Kier molecular flexibility index (Phi) is 3.98. The average Bonchev–Trinajstić information content (AvgIpc) is 2.37. The Bertz CT molecular complexity index is 452. The van der Waals surface area contributed by atoms with Crippen LogP contribution in [0.25, 0.3) is 0 Å². The number of ether oxygens (including phenoxy) is 1. The second-order valence-corrected chi connectivity index (χ2v) is 4.62. The molecule has 0 saturated carbocycles. The van der Waals surface area contributed by atoms with Crippen molar-refractivity contribution in [2.75, 3.05) is 25.1 Å². The van der Waals surface area contributed by atoms with E-state index in [1.807, 2.05) is 6.92 Å². The summed E-state index contributed by atoms with van der Waals surface area (Å²) in [5, 5.41) is 13.3. The topological polar surface area (TPSA) is 87.2 Å². The minimum Gasteiger partial charge on any atom is -0.388 e. The highest BCUT2D eigenvalue weighted by atomic mass is 16.5. The minimum atomic E-state index is -0.769. The van der Waals surface area contributed by atoms with Gasteiger partial charge in [0.25, 0.3) is 5.56 Å². The normalized spacial score (nSPS) is 18.6. The lowest BCUT2D eigenvalue weighted by atomic mass is 9.94. The van der Waals surface area contributed by atoms with Crippen LogP contribution in [0.15, 0.2) is 10.9 Å². The van der Waals surface area contributed by atoms with Gasteiger partial charge in [0.2, 0.25) is 0 Å². The number of H-pyrrole nitrogens is 1. The number of anilines is 1. The maximum Gasteiger partial charge on any atom is 0.252 e. The quantitative estimate of drug-likeness (QED) is 0.717. The summed E-state index contributed by atoms with van der Waals surface area (Å²) in [5.74, 6) is 1.15. The third-order valence-corrected chi connectivity index (χ3v) is 3.15. The first kappa shape index (κ1) is 13.0. The molecule has 1 aromatic rings. The highest BCUT2D eigenvalue weighted by molar-refractivity contribution is 5.33. The fourth-order valence-corrected chi connectivity index (χ4v) is 1.95. The minimum absolute atomic E-state index is 0.177. The summed E-state index contributed by atoms with van der Waals surface area (Å²) in [6.45, 7) is 3.45. The number of hydrogen-bond acceptors (Lipinski definition) is 5. The van der Waals surface area contributed by atoms with Gasteiger partial charge in [0.1, 0.15) is 11.6 Å². The summed E-state index contributed by atoms with van der Waals surface area (Å²) in [6.07, 6.45) is 1.87. The van der Waals surface area contributed by atoms with Gasteiger partial charge in [0, 0.05) is 45.1 Å². The maximum absolute atomic E-state index is 11.4. The third kappa shape index (κ3) is 3.30. The molecule has 18 heavy (non-hydrogen) atoms. The van der Waals surface area contributed by atoms with Crippen molar-refractivity contribution in [1.82, 2.24) is 9.97 Å². The first-order valence-electron chi connectivity index (χ1n) is 6.25. The summed E-state index contributed by atoms with van der Waals surface area (Å²) in [7, 11) is 0. The Morgan fingerprint density at radius 2 is 2.28 bits per heavy atom. The standard InChI is InChI=1S/C12H19N3O3/c1-2-9-14-10(7-11(16)15-9)13-8-12(17)3-5-18-6-4-12/h7,17H,2-6,8H2,1H3,(H2,13,14,15,16). The second-order valence-electron chi connectivity index (χ2n) is 4.62. The van der Waals surface area contributed by atoms with Gasteiger partial charge in [-0.3, -0.25) is 4.79 Å². The van der Waals surface area contributed by atoms with E-state index in [4.69, 9.17) is 4.74 Å². The van der Waals surface area contributed by atoms with Gasteiger partial charge in [-0.1, -0.05) is 6.92 Å². The zero-order valence-electron chi connectivity index (χ0n) is 10.5. The summed E-state index contributed by atoms with van der Waals surface area (Å²) in [6, 6.07) is 1.40. The molecule has 1 aromatic heterocycles. The Balaban J connectivity index is 2.01. The van der Waals surface area contributed by atoms with Gasteiger partial charge in [-0.15, -0.1) is 0 Å². The van der Waals surface area contributed by atoms with E-state index in [0.29, 0.717) is 50.7 Å². The van der Waals surface area contributed by atoms with Crippen LogP contribution in [0.5, 0.6) is 0 Å². The molecule has 6 nitrogen and oxygen atoms in total. The molecule has 0 bridgehead atoms. The van der Waals surface area contributed by atoms with Crippen LogP contribution >= 0.6 is 0 Å². The number of rotatable bonds is 4. The predicted octanol–water partition coefficient (Wildman–Crippen LogP) is 0.286. The van der Waals surface area contributed by atoms with E-state index in [9.17, 15) is 9.90 Å². The van der Waals surface area contributed by atoms with Crippen molar-refractivity contribution in [1.29, 1.82) is 0 Å². The molecule has 100 valence electrons. The SMILES string of the molecule is CCc1nc(NCC2(O)CCOCC2)cc(=O)[nH]1. The molecule has 1 aliphatic heterocycles. The van der Waals surface area contributed by atoms with Crippen LogP contribution < -0.4 is 10.9 Å². The average molecular weight is 253 g/mol. The molecular formula is C12H19N3O3. The van der Waals surface area contributed by atoms with Crippen molar-refractivity contribution in [3.63, 3.8) is 0 Å². The first-order valence-corrected chi connectivity index (χ1v) is 6.25. The van der Waals surface area contributed by atoms with Gasteiger partial charge in [-0.2, -0.15) is 0 Å². The van der Waals surface area contributed by atoms with Gasteiger partial charge < -0.3 is 20.1 Å². The van der Waals surface area contributed by atoms with Gasteiger partial charge in [-0.25, -0.2) is 4.98 Å². The molecule has 2 rings (SSSR count). The van der Waals surface area contributed by atoms with Gasteiger partial charge in [-0.05, 0) is 0 Å². The Morgan fingerprint density at radius 1 is 1.56 bits per heavy atom. The van der Waals surface area contributed by atoms with Crippen molar-refractivity contribution in [3.05, 3.63) is 22.2 Å². The summed E-state index contributed by atoms with van der Waals surface area (Å²) < 4.78 is 5.21. The lowest BCUT2D eigenvalue weighted by molar-refractivity contribution is -0.0543. The zero-order chi connectivity index (χ0) is 13.0. The summed E-state index contributed by atoms with van der Waals surface area (Å²) >= 11 is 0. The van der Waals surface area contributed by atoms with Crippen molar-refractivity contribution in [2.45, 2.75) is 31.8 Å². The Labute approximate surface area is 105 Å². The smallest absolute Gasteiger partial charge is 0.252 e. The molecule has 0 aliphatic carbocycles. The number of aryl methyl sites for hydroxylation is 1. The van der Waals surface area contributed by atoms with E-state index in [1.165, 1.54) is 6.07 Å². The maximum atomic E-state index is 11.4.